The van der Waals surface area contributed by atoms with Crippen molar-refractivity contribution in [3.63, 3.8) is 0 Å². The summed E-state index contributed by atoms with van der Waals surface area (Å²) in [4.78, 5) is 12.0. The molecule has 0 fully saturated rings. The van der Waals surface area contributed by atoms with Gasteiger partial charge < -0.3 is 10.1 Å². The molecule has 5 nitrogen and oxygen atoms in total. The highest BCUT2D eigenvalue weighted by molar-refractivity contribution is 7.89. The summed E-state index contributed by atoms with van der Waals surface area (Å²) in [5.41, 5.74) is 1.09. The number of rotatable bonds is 8. The molecule has 0 aliphatic heterocycles. The summed E-state index contributed by atoms with van der Waals surface area (Å²) in [6.07, 6.45) is 1.70. The van der Waals surface area contributed by atoms with Crippen molar-refractivity contribution in [3.8, 4) is 5.75 Å². The lowest BCUT2D eigenvalue weighted by atomic mass is 10.1. The van der Waals surface area contributed by atoms with Gasteiger partial charge in [0.05, 0.1) is 12.4 Å². The van der Waals surface area contributed by atoms with E-state index in [1.807, 2.05) is 0 Å². The molecule has 1 N–H and O–H groups in total. The molecule has 134 valence electrons. The number of carbonyl (C=O) groups excluding carboxylic acids is 1. The molecular weight excluding hydrogens is 345 g/mol. The third-order valence-electron chi connectivity index (χ3n) is 3.35. The maximum atomic E-state index is 13.4. The number of carbonyl (C=O) groups is 1. The molecule has 1 amide bonds. The lowest BCUT2D eigenvalue weighted by Crippen LogP contribution is -2.25. The van der Waals surface area contributed by atoms with Gasteiger partial charge in [0.15, 0.2) is 21.4 Å². The van der Waals surface area contributed by atoms with E-state index in [2.05, 4.69) is 5.32 Å². The Morgan fingerprint density at radius 2 is 1.80 bits per heavy atom. The highest BCUT2D eigenvalue weighted by atomic mass is 32.2. The fraction of sp³-hybridized carbons (Fsp3) is 0.278. The van der Waals surface area contributed by atoms with Crippen molar-refractivity contribution in [2.24, 2.45) is 0 Å². The van der Waals surface area contributed by atoms with Crippen molar-refractivity contribution >= 4 is 15.7 Å². The number of amides is 1. The van der Waals surface area contributed by atoms with Crippen LogP contribution >= 0.6 is 0 Å². The summed E-state index contributed by atoms with van der Waals surface area (Å²) >= 11 is 0. The van der Waals surface area contributed by atoms with Crippen LogP contribution in [0.1, 0.15) is 22.3 Å². The van der Waals surface area contributed by atoms with Crippen LogP contribution in [0.15, 0.2) is 48.5 Å². The standard InChI is InChI=1S/C18H20FNO4S/c1-25(22,23)13-14-7-9-15(10-8-14)18(21)20-11-4-12-24-17-6-3-2-5-16(17)19/h2-3,5-10H,4,11-13H2,1H3,(H,20,21). The van der Waals surface area contributed by atoms with Crippen LogP contribution in [0, 0.1) is 5.82 Å². The van der Waals surface area contributed by atoms with E-state index < -0.39 is 15.7 Å². The first-order valence-corrected chi connectivity index (χ1v) is 9.83. The Hall–Kier alpha value is -2.41. The zero-order chi connectivity index (χ0) is 18.3. The summed E-state index contributed by atoms with van der Waals surface area (Å²) in [7, 11) is -3.10. The van der Waals surface area contributed by atoms with Crippen LogP contribution < -0.4 is 10.1 Å². The minimum Gasteiger partial charge on any atom is -0.490 e. The van der Waals surface area contributed by atoms with E-state index in [-0.39, 0.29) is 24.0 Å². The van der Waals surface area contributed by atoms with E-state index in [4.69, 9.17) is 4.74 Å². The summed E-state index contributed by atoms with van der Waals surface area (Å²) in [6, 6.07) is 12.6. The number of para-hydroxylation sites is 1. The van der Waals surface area contributed by atoms with Crippen LogP contribution in [0.3, 0.4) is 0 Å². The van der Waals surface area contributed by atoms with Gasteiger partial charge in [-0.2, -0.15) is 0 Å². The molecule has 0 saturated carbocycles. The Morgan fingerprint density at radius 3 is 2.44 bits per heavy atom. The Kier molecular flexibility index (Phi) is 6.52. The van der Waals surface area contributed by atoms with E-state index >= 15 is 0 Å². The number of ether oxygens (including phenoxy) is 1. The molecule has 0 aliphatic rings. The predicted octanol–water partition coefficient (Wildman–Crippen LogP) is 2.57. The Bertz CT molecular complexity index is 819. The fourth-order valence-electron chi connectivity index (χ4n) is 2.18. The first-order chi connectivity index (χ1) is 11.8. The van der Waals surface area contributed by atoms with E-state index in [0.717, 1.165) is 6.26 Å². The van der Waals surface area contributed by atoms with Crippen molar-refractivity contribution in [1.29, 1.82) is 0 Å². The molecular formula is C18H20FNO4S. The Morgan fingerprint density at radius 1 is 1.12 bits per heavy atom. The molecule has 0 spiro atoms. The second kappa shape index (κ2) is 8.62. The third-order valence-corrected chi connectivity index (χ3v) is 4.20. The molecule has 25 heavy (non-hydrogen) atoms. The first kappa shape index (κ1) is 18.9. The van der Waals surface area contributed by atoms with E-state index in [1.54, 1.807) is 42.5 Å². The van der Waals surface area contributed by atoms with Gasteiger partial charge in [0.2, 0.25) is 0 Å². The summed E-state index contributed by atoms with van der Waals surface area (Å²) in [5, 5.41) is 2.74. The molecule has 0 saturated heterocycles. The van der Waals surface area contributed by atoms with Crippen LogP contribution in [-0.2, 0) is 15.6 Å². The Labute approximate surface area is 146 Å². The minimum atomic E-state index is -3.10. The molecule has 2 rings (SSSR count). The molecule has 0 unspecified atom stereocenters. The molecule has 0 aliphatic carbocycles. The number of nitrogens with one attached hydrogen (secondary N) is 1. The average Bonchev–Trinajstić information content (AvgIpc) is 2.55. The lowest BCUT2D eigenvalue weighted by Gasteiger charge is -2.08. The van der Waals surface area contributed by atoms with Gasteiger partial charge in [0, 0.05) is 18.4 Å². The van der Waals surface area contributed by atoms with Crippen molar-refractivity contribution in [2.45, 2.75) is 12.2 Å². The second-order valence-electron chi connectivity index (χ2n) is 5.66. The van der Waals surface area contributed by atoms with Gasteiger partial charge in [-0.25, -0.2) is 12.8 Å². The number of hydrogen-bond acceptors (Lipinski definition) is 4. The summed E-state index contributed by atoms with van der Waals surface area (Å²) in [6.45, 7) is 0.673. The summed E-state index contributed by atoms with van der Waals surface area (Å²) in [5.74, 6) is -0.532. The smallest absolute Gasteiger partial charge is 0.251 e. The van der Waals surface area contributed by atoms with Crippen LogP contribution in [0.25, 0.3) is 0 Å². The van der Waals surface area contributed by atoms with Gasteiger partial charge in [-0.05, 0) is 36.2 Å². The van der Waals surface area contributed by atoms with Crippen molar-refractivity contribution < 1.29 is 22.3 Å². The van der Waals surface area contributed by atoms with Crippen LogP contribution in [0.2, 0.25) is 0 Å². The highest BCUT2D eigenvalue weighted by Gasteiger charge is 2.08. The van der Waals surface area contributed by atoms with E-state index in [0.29, 0.717) is 24.1 Å². The van der Waals surface area contributed by atoms with Crippen LogP contribution in [0.4, 0.5) is 4.39 Å². The molecule has 0 bridgehead atoms. The Balaban J connectivity index is 1.74. The largest absolute Gasteiger partial charge is 0.490 e. The van der Waals surface area contributed by atoms with Crippen LogP contribution in [-0.4, -0.2) is 33.7 Å². The van der Waals surface area contributed by atoms with Crippen molar-refractivity contribution in [1.82, 2.24) is 5.32 Å². The summed E-state index contributed by atoms with van der Waals surface area (Å²) < 4.78 is 41.1. The monoisotopic (exact) mass is 365 g/mol. The fourth-order valence-corrected chi connectivity index (χ4v) is 2.97. The van der Waals surface area contributed by atoms with Gasteiger partial charge in [-0.1, -0.05) is 24.3 Å². The van der Waals surface area contributed by atoms with Gasteiger partial charge in [-0.3, -0.25) is 4.79 Å². The molecule has 0 atom stereocenters. The van der Waals surface area contributed by atoms with Crippen molar-refractivity contribution in [2.75, 3.05) is 19.4 Å². The highest BCUT2D eigenvalue weighted by Crippen LogP contribution is 2.15. The van der Waals surface area contributed by atoms with E-state index in [9.17, 15) is 17.6 Å². The molecule has 0 heterocycles. The van der Waals surface area contributed by atoms with Gasteiger partial charge in [0.25, 0.3) is 5.91 Å². The number of hydrogen-bond donors (Lipinski definition) is 1. The van der Waals surface area contributed by atoms with Gasteiger partial charge in [0.1, 0.15) is 0 Å². The zero-order valence-corrected chi connectivity index (χ0v) is 14.7. The number of benzene rings is 2. The predicted molar refractivity (Wildman–Crippen MR) is 93.8 cm³/mol. The first-order valence-electron chi connectivity index (χ1n) is 7.77. The maximum Gasteiger partial charge on any atom is 0.251 e. The SMILES string of the molecule is CS(=O)(=O)Cc1ccc(C(=O)NCCCOc2ccccc2F)cc1. The maximum absolute atomic E-state index is 13.4. The molecule has 0 aromatic heterocycles. The lowest BCUT2D eigenvalue weighted by molar-refractivity contribution is 0.0951. The minimum absolute atomic E-state index is 0.0533. The average molecular weight is 365 g/mol. The normalized spacial score (nSPS) is 11.1. The number of sulfone groups is 1. The molecule has 0 radical (unpaired) electrons. The number of halogens is 1. The topological polar surface area (TPSA) is 72.5 Å². The molecule has 2 aromatic carbocycles. The zero-order valence-electron chi connectivity index (χ0n) is 13.9. The quantitative estimate of drug-likeness (QED) is 0.730. The second-order valence-corrected chi connectivity index (χ2v) is 7.80. The van der Waals surface area contributed by atoms with Crippen LogP contribution in [0.5, 0.6) is 5.75 Å². The van der Waals surface area contributed by atoms with E-state index in [1.165, 1.54) is 6.07 Å². The van der Waals surface area contributed by atoms with Gasteiger partial charge in [-0.15, -0.1) is 0 Å². The van der Waals surface area contributed by atoms with Gasteiger partial charge >= 0.3 is 0 Å². The third kappa shape index (κ3) is 6.54. The molecule has 2 aromatic rings. The van der Waals surface area contributed by atoms with Crippen molar-refractivity contribution in [3.05, 3.63) is 65.5 Å². The molecule has 7 heteroatoms.